The van der Waals surface area contributed by atoms with Gasteiger partial charge < -0.3 is 10.6 Å². The van der Waals surface area contributed by atoms with E-state index in [9.17, 15) is 4.79 Å². The average Bonchev–Trinajstić information content (AvgIpc) is 2.39. The number of hydrogen-bond acceptors (Lipinski definition) is 3. The average molecular weight is 212 g/mol. The molecule has 1 saturated heterocycles. The number of hydrogen-bond donors (Lipinski definition) is 2. The van der Waals surface area contributed by atoms with Gasteiger partial charge >= 0.3 is 6.03 Å². The van der Waals surface area contributed by atoms with E-state index in [1.807, 2.05) is 0 Å². The summed E-state index contributed by atoms with van der Waals surface area (Å²) in [4.78, 5) is 12.9. The van der Waals surface area contributed by atoms with Gasteiger partial charge in [-0.05, 0) is 33.2 Å². The molecule has 0 atom stereocenters. The summed E-state index contributed by atoms with van der Waals surface area (Å²) in [6.45, 7) is 6.51. The number of nitrogens with zero attached hydrogens (tertiary/aromatic N) is 2. The summed E-state index contributed by atoms with van der Waals surface area (Å²) in [7, 11) is 0. The molecule has 1 aliphatic heterocycles. The molecule has 0 aromatic heterocycles. The van der Waals surface area contributed by atoms with Crippen LogP contribution in [0.2, 0.25) is 0 Å². The zero-order chi connectivity index (χ0) is 11.3. The molecule has 2 amide bonds. The van der Waals surface area contributed by atoms with E-state index in [-0.39, 0.29) is 0 Å². The molecule has 86 valence electrons. The number of primary amides is 1. The molecule has 0 bridgehead atoms. The van der Waals surface area contributed by atoms with E-state index in [0.717, 1.165) is 38.1 Å². The molecule has 0 spiro atoms. The van der Waals surface area contributed by atoms with Crippen LogP contribution in [0.15, 0.2) is 5.10 Å². The first-order valence-electron chi connectivity index (χ1n) is 5.44. The second-order valence-electron chi connectivity index (χ2n) is 4.14. The Morgan fingerprint density at radius 2 is 2.20 bits per heavy atom. The third kappa shape index (κ3) is 4.29. The molecule has 0 saturated carbocycles. The molecule has 0 aromatic carbocycles. The zero-order valence-corrected chi connectivity index (χ0v) is 9.49. The lowest BCUT2D eigenvalue weighted by Crippen LogP contribution is -2.31. The van der Waals surface area contributed by atoms with Gasteiger partial charge in [-0.3, -0.25) is 0 Å². The molecule has 0 radical (unpaired) electrons. The Balaban J connectivity index is 2.45. The molecule has 5 nitrogen and oxygen atoms in total. The highest BCUT2D eigenvalue weighted by molar-refractivity contribution is 5.86. The Hall–Kier alpha value is -1.10. The van der Waals surface area contributed by atoms with Crippen molar-refractivity contribution in [2.24, 2.45) is 10.8 Å². The van der Waals surface area contributed by atoms with Crippen molar-refractivity contribution >= 4 is 11.7 Å². The first-order chi connectivity index (χ1) is 7.09. The monoisotopic (exact) mass is 212 g/mol. The van der Waals surface area contributed by atoms with E-state index in [1.54, 1.807) is 0 Å². The smallest absolute Gasteiger partial charge is 0.332 e. The molecule has 1 fully saturated rings. The van der Waals surface area contributed by atoms with Gasteiger partial charge in [-0.15, -0.1) is 0 Å². The molecule has 1 rings (SSSR count). The number of carbonyl (C=O) groups is 1. The van der Waals surface area contributed by atoms with Crippen LogP contribution in [0.25, 0.3) is 0 Å². The molecule has 0 aliphatic carbocycles. The molecule has 3 N–H and O–H groups in total. The predicted octanol–water partition coefficient (Wildman–Crippen LogP) is 0.905. The Labute approximate surface area is 90.7 Å². The highest BCUT2D eigenvalue weighted by Crippen LogP contribution is 2.10. The van der Waals surface area contributed by atoms with E-state index in [2.05, 4.69) is 29.3 Å². The minimum atomic E-state index is -0.590. The van der Waals surface area contributed by atoms with Crippen molar-refractivity contribution in [1.29, 1.82) is 0 Å². The summed E-state index contributed by atoms with van der Waals surface area (Å²) in [5.74, 6) is 0. The Morgan fingerprint density at radius 1 is 1.47 bits per heavy atom. The maximum absolute atomic E-state index is 10.5. The number of nitrogens with one attached hydrogen (secondary N) is 1. The van der Waals surface area contributed by atoms with Crippen molar-refractivity contribution in [3.05, 3.63) is 0 Å². The summed E-state index contributed by atoms with van der Waals surface area (Å²) in [6.07, 6.45) is 2.96. The second kappa shape index (κ2) is 5.70. The van der Waals surface area contributed by atoms with Crippen LogP contribution < -0.4 is 11.2 Å². The van der Waals surface area contributed by atoms with Gasteiger partial charge in [0.15, 0.2) is 0 Å². The summed E-state index contributed by atoms with van der Waals surface area (Å²) in [5, 5.41) is 4.00. The van der Waals surface area contributed by atoms with Gasteiger partial charge in [0.2, 0.25) is 0 Å². The SMILES string of the molecule is CC(C)N1CCCC(=NNC(N)=O)CC1. The van der Waals surface area contributed by atoms with Crippen LogP contribution in [0.4, 0.5) is 4.79 Å². The van der Waals surface area contributed by atoms with Crippen molar-refractivity contribution in [2.45, 2.75) is 39.2 Å². The first kappa shape index (κ1) is 12.0. The quantitative estimate of drug-likeness (QED) is 0.668. The molecule has 1 heterocycles. The van der Waals surface area contributed by atoms with Crippen LogP contribution in [0.3, 0.4) is 0 Å². The van der Waals surface area contributed by atoms with E-state index in [4.69, 9.17) is 5.73 Å². The maximum atomic E-state index is 10.5. The molecular formula is C10H20N4O. The third-order valence-electron chi connectivity index (χ3n) is 2.65. The highest BCUT2D eigenvalue weighted by Gasteiger charge is 2.15. The summed E-state index contributed by atoms with van der Waals surface area (Å²) in [6, 6.07) is -0.0130. The van der Waals surface area contributed by atoms with E-state index in [0.29, 0.717) is 6.04 Å². The van der Waals surface area contributed by atoms with E-state index in [1.165, 1.54) is 0 Å². The predicted molar refractivity (Wildman–Crippen MR) is 60.7 cm³/mol. The van der Waals surface area contributed by atoms with Crippen molar-refractivity contribution in [2.75, 3.05) is 13.1 Å². The fourth-order valence-corrected chi connectivity index (χ4v) is 1.76. The van der Waals surface area contributed by atoms with Gasteiger partial charge in [-0.2, -0.15) is 5.10 Å². The highest BCUT2D eigenvalue weighted by atomic mass is 16.2. The summed E-state index contributed by atoms with van der Waals surface area (Å²) < 4.78 is 0. The zero-order valence-electron chi connectivity index (χ0n) is 9.49. The molecule has 1 aliphatic rings. The number of amides is 2. The fraction of sp³-hybridized carbons (Fsp3) is 0.800. The van der Waals surface area contributed by atoms with Gasteiger partial charge in [0, 0.05) is 24.7 Å². The van der Waals surface area contributed by atoms with Crippen LogP contribution in [-0.4, -0.2) is 35.8 Å². The standard InChI is InChI=1S/C10H20N4O/c1-8(2)14-6-3-4-9(5-7-14)12-13-10(11)15/h8H,3-7H2,1-2H3,(H3,11,13,15). The lowest BCUT2D eigenvalue weighted by Gasteiger charge is -2.23. The van der Waals surface area contributed by atoms with E-state index < -0.39 is 6.03 Å². The summed E-state index contributed by atoms with van der Waals surface area (Å²) in [5.41, 5.74) is 8.29. The molecule has 15 heavy (non-hydrogen) atoms. The lowest BCUT2D eigenvalue weighted by molar-refractivity contribution is 0.233. The van der Waals surface area contributed by atoms with Crippen molar-refractivity contribution in [3.8, 4) is 0 Å². The van der Waals surface area contributed by atoms with Crippen LogP contribution >= 0.6 is 0 Å². The van der Waals surface area contributed by atoms with Crippen molar-refractivity contribution in [3.63, 3.8) is 0 Å². The Kier molecular flexibility index (Phi) is 4.55. The van der Waals surface area contributed by atoms with Gasteiger partial charge in [0.1, 0.15) is 0 Å². The minimum Gasteiger partial charge on any atom is -0.350 e. The summed E-state index contributed by atoms with van der Waals surface area (Å²) >= 11 is 0. The van der Waals surface area contributed by atoms with Crippen molar-refractivity contribution in [1.82, 2.24) is 10.3 Å². The minimum absolute atomic E-state index is 0.577. The number of hydrazone groups is 1. The van der Waals surface area contributed by atoms with Gasteiger partial charge in [0.25, 0.3) is 0 Å². The van der Waals surface area contributed by atoms with Crippen LogP contribution in [0.5, 0.6) is 0 Å². The number of nitrogens with two attached hydrogens (primary N) is 1. The van der Waals surface area contributed by atoms with Gasteiger partial charge in [0.05, 0.1) is 0 Å². The molecule has 5 heteroatoms. The Bertz CT molecular complexity index is 250. The lowest BCUT2D eigenvalue weighted by atomic mass is 10.2. The van der Waals surface area contributed by atoms with Crippen LogP contribution in [-0.2, 0) is 0 Å². The topological polar surface area (TPSA) is 70.7 Å². The molecule has 0 unspecified atom stereocenters. The third-order valence-corrected chi connectivity index (χ3v) is 2.65. The largest absolute Gasteiger partial charge is 0.350 e. The number of likely N-dealkylation sites (tertiary alicyclic amines) is 1. The molecular weight excluding hydrogens is 192 g/mol. The Morgan fingerprint density at radius 3 is 2.80 bits per heavy atom. The number of rotatable bonds is 2. The van der Waals surface area contributed by atoms with Crippen LogP contribution in [0.1, 0.15) is 33.1 Å². The van der Waals surface area contributed by atoms with E-state index >= 15 is 0 Å². The second-order valence-corrected chi connectivity index (χ2v) is 4.14. The normalized spacial score (nSPS) is 21.7. The van der Waals surface area contributed by atoms with Gasteiger partial charge in [-0.1, -0.05) is 0 Å². The number of urea groups is 1. The maximum Gasteiger partial charge on any atom is 0.332 e. The van der Waals surface area contributed by atoms with Crippen LogP contribution in [0, 0.1) is 0 Å². The van der Waals surface area contributed by atoms with Crippen molar-refractivity contribution < 1.29 is 4.79 Å². The molecule has 0 aromatic rings. The van der Waals surface area contributed by atoms with Gasteiger partial charge in [-0.25, -0.2) is 10.2 Å². The number of carbonyl (C=O) groups excluding carboxylic acids is 1. The first-order valence-corrected chi connectivity index (χ1v) is 5.44. The fourth-order valence-electron chi connectivity index (χ4n) is 1.76.